The smallest absolute Gasteiger partial charge is 0.0221 e. The summed E-state index contributed by atoms with van der Waals surface area (Å²) in [5.41, 5.74) is 0. The first-order chi connectivity index (χ1) is 5.81. The van der Waals surface area contributed by atoms with Gasteiger partial charge in [0.2, 0.25) is 0 Å². The van der Waals surface area contributed by atoms with E-state index in [-0.39, 0.29) is 0 Å². The van der Waals surface area contributed by atoms with Gasteiger partial charge in [0.1, 0.15) is 0 Å². The van der Waals surface area contributed by atoms with Gasteiger partial charge in [-0.2, -0.15) is 0 Å². The number of hydrogen-bond donors (Lipinski definition) is 1. The molecule has 2 rings (SSSR count). The molecule has 1 heteroatoms. The van der Waals surface area contributed by atoms with Crippen LogP contribution in [-0.4, -0.2) is 12.1 Å². The van der Waals surface area contributed by atoms with Crippen molar-refractivity contribution in [2.75, 3.05) is 0 Å². The Bertz CT molecular complexity index is 207. The van der Waals surface area contributed by atoms with Crippen molar-refractivity contribution in [3.05, 3.63) is 24.8 Å². The minimum Gasteiger partial charge on any atom is -0.307 e. The number of rotatable bonds is 3. The molecule has 2 aliphatic carbocycles. The van der Waals surface area contributed by atoms with Crippen LogP contribution < -0.4 is 5.32 Å². The van der Waals surface area contributed by atoms with Crippen LogP contribution in [0, 0.1) is 11.8 Å². The highest BCUT2D eigenvalue weighted by molar-refractivity contribution is 5.13. The first-order valence-electron chi connectivity index (χ1n) is 4.86. The largest absolute Gasteiger partial charge is 0.307 e. The molecular weight excluding hydrogens is 146 g/mol. The molecule has 0 heterocycles. The van der Waals surface area contributed by atoms with Crippen LogP contribution in [0.5, 0.6) is 0 Å². The predicted molar refractivity (Wildman–Crippen MR) is 51.9 cm³/mol. The van der Waals surface area contributed by atoms with E-state index in [0.29, 0.717) is 6.04 Å². The monoisotopic (exact) mass is 163 g/mol. The van der Waals surface area contributed by atoms with Gasteiger partial charge < -0.3 is 5.32 Å². The minimum atomic E-state index is 0.463. The zero-order chi connectivity index (χ0) is 8.55. The van der Waals surface area contributed by atoms with Gasteiger partial charge in [0, 0.05) is 12.1 Å². The molecule has 0 aliphatic heterocycles. The number of allylic oxidation sites excluding steroid dienone is 1. The lowest BCUT2D eigenvalue weighted by Crippen LogP contribution is -2.50. The second-order valence-corrected chi connectivity index (χ2v) is 4.03. The number of nitrogens with one attached hydrogen (secondary N) is 1. The van der Waals surface area contributed by atoms with E-state index in [1.807, 2.05) is 6.08 Å². The second-order valence-electron chi connectivity index (χ2n) is 4.03. The molecule has 12 heavy (non-hydrogen) atoms. The van der Waals surface area contributed by atoms with Crippen molar-refractivity contribution < 1.29 is 0 Å². The van der Waals surface area contributed by atoms with Crippen molar-refractivity contribution in [3.63, 3.8) is 0 Å². The molecular formula is C11H17N. The fourth-order valence-corrected chi connectivity index (χ4v) is 2.31. The Labute approximate surface area is 74.5 Å². The Balaban J connectivity index is 1.84. The van der Waals surface area contributed by atoms with Crippen LogP contribution in [-0.2, 0) is 0 Å². The zero-order valence-electron chi connectivity index (χ0n) is 7.66. The summed E-state index contributed by atoms with van der Waals surface area (Å²) >= 11 is 0. The summed E-state index contributed by atoms with van der Waals surface area (Å²) in [5.74, 6) is 1.78. The maximum absolute atomic E-state index is 3.78. The summed E-state index contributed by atoms with van der Waals surface area (Å²) < 4.78 is 0. The van der Waals surface area contributed by atoms with Crippen LogP contribution in [0.2, 0.25) is 0 Å². The summed E-state index contributed by atoms with van der Waals surface area (Å²) in [6.07, 6.45) is 9.35. The van der Waals surface area contributed by atoms with Crippen LogP contribution in [0.25, 0.3) is 0 Å². The van der Waals surface area contributed by atoms with Gasteiger partial charge in [-0.1, -0.05) is 18.2 Å². The quantitative estimate of drug-likeness (QED) is 0.628. The maximum atomic E-state index is 3.78. The summed E-state index contributed by atoms with van der Waals surface area (Å²) in [6.45, 7) is 5.94. The molecule has 1 N–H and O–H groups in total. The minimum absolute atomic E-state index is 0.463. The van der Waals surface area contributed by atoms with Gasteiger partial charge in [0.25, 0.3) is 0 Å². The van der Waals surface area contributed by atoms with E-state index in [2.05, 4.69) is 31.0 Å². The highest BCUT2D eigenvalue weighted by atomic mass is 15.0. The van der Waals surface area contributed by atoms with Crippen LogP contribution in [0.15, 0.2) is 24.8 Å². The van der Waals surface area contributed by atoms with E-state index in [4.69, 9.17) is 0 Å². The summed E-state index contributed by atoms with van der Waals surface area (Å²) in [7, 11) is 0. The normalized spacial score (nSPS) is 40.2. The SMILES string of the molecule is C=CC(C)NC1CC2CC=CC21. The molecule has 1 saturated carbocycles. The van der Waals surface area contributed by atoms with E-state index in [9.17, 15) is 0 Å². The molecule has 0 aromatic rings. The summed E-state index contributed by atoms with van der Waals surface area (Å²) in [4.78, 5) is 0. The zero-order valence-corrected chi connectivity index (χ0v) is 7.66. The first kappa shape index (κ1) is 8.06. The predicted octanol–water partition coefficient (Wildman–Crippen LogP) is 2.12. The van der Waals surface area contributed by atoms with Crippen molar-refractivity contribution in [2.45, 2.75) is 31.8 Å². The molecule has 4 unspecified atom stereocenters. The molecule has 0 spiro atoms. The molecule has 0 radical (unpaired) electrons. The third-order valence-corrected chi connectivity index (χ3v) is 3.19. The molecule has 0 amide bonds. The average molecular weight is 163 g/mol. The van der Waals surface area contributed by atoms with E-state index >= 15 is 0 Å². The van der Waals surface area contributed by atoms with Crippen molar-refractivity contribution in [3.8, 4) is 0 Å². The molecule has 0 aromatic heterocycles. The van der Waals surface area contributed by atoms with Crippen molar-refractivity contribution in [1.82, 2.24) is 5.32 Å². The molecule has 1 fully saturated rings. The van der Waals surface area contributed by atoms with Crippen LogP contribution in [0.3, 0.4) is 0 Å². The fraction of sp³-hybridized carbons (Fsp3) is 0.636. The van der Waals surface area contributed by atoms with Crippen molar-refractivity contribution >= 4 is 0 Å². The van der Waals surface area contributed by atoms with Gasteiger partial charge in [0.05, 0.1) is 0 Å². The molecule has 66 valence electrons. The van der Waals surface area contributed by atoms with E-state index in [1.165, 1.54) is 12.8 Å². The van der Waals surface area contributed by atoms with E-state index in [0.717, 1.165) is 17.9 Å². The lowest BCUT2D eigenvalue weighted by molar-refractivity contribution is 0.158. The van der Waals surface area contributed by atoms with Gasteiger partial charge >= 0.3 is 0 Å². The Morgan fingerprint density at radius 3 is 3.17 bits per heavy atom. The third kappa shape index (κ3) is 1.22. The van der Waals surface area contributed by atoms with Crippen LogP contribution in [0.4, 0.5) is 0 Å². The number of fused-ring (bicyclic) bond motifs is 1. The van der Waals surface area contributed by atoms with Gasteiger partial charge in [-0.15, -0.1) is 6.58 Å². The molecule has 4 atom stereocenters. The van der Waals surface area contributed by atoms with Gasteiger partial charge in [-0.25, -0.2) is 0 Å². The molecule has 0 aromatic carbocycles. The van der Waals surface area contributed by atoms with Gasteiger partial charge in [0.15, 0.2) is 0 Å². The Morgan fingerprint density at radius 2 is 2.50 bits per heavy atom. The molecule has 0 saturated heterocycles. The topological polar surface area (TPSA) is 12.0 Å². The standard InChI is InChI=1S/C11H17N/c1-3-8(2)12-11-7-9-5-4-6-10(9)11/h3-4,6,8-12H,1,5,7H2,2H3. The van der Waals surface area contributed by atoms with E-state index in [1.54, 1.807) is 0 Å². The summed E-state index contributed by atoms with van der Waals surface area (Å²) in [5, 5.41) is 3.57. The summed E-state index contributed by atoms with van der Waals surface area (Å²) in [6, 6.07) is 1.19. The first-order valence-corrected chi connectivity index (χ1v) is 4.86. The van der Waals surface area contributed by atoms with Crippen molar-refractivity contribution in [2.24, 2.45) is 11.8 Å². The highest BCUT2D eigenvalue weighted by Crippen LogP contribution is 2.42. The molecule has 2 aliphatic rings. The van der Waals surface area contributed by atoms with Crippen molar-refractivity contribution in [1.29, 1.82) is 0 Å². The van der Waals surface area contributed by atoms with Crippen LogP contribution >= 0.6 is 0 Å². The molecule has 0 bridgehead atoms. The lowest BCUT2D eigenvalue weighted by atomic mass is 9.71. The number of hydrogen-bond acceptors (Lipinski definition) is 1. The average Bonchev–Trinajstić information content (AvgIpc) is 2.42. The maximum Gasteiger partial charge on any atom is 0.0221 e. The van der Waals surface area contributed by atoms with E-state index < -0.39 is 0 Å². The Hall–Kier alpha value is -0.560. The lowest BCUT2D eigenvalue weighted by Gasteiger charge is -2.41. The van der Waals surface area contributed by atoms with Gasteiger partial charge in [-0.3, -0.25) is 0 Å². The Kier molecular flexibility index (Phi) is 2.05. The third-order valence-electron chi connectivity index (χ3n) is 3.19. The highest BCUT2D eigenvalue weighted by Gasteiger charge is 2.40. The van der Waals surface area contributed by atoms with Crippen LogP contribution in [0.1, 0.15) is 19.8 Å². The molecule has 1 nitrogen and oxygen atoms in total. The van der Waals surface area contributed by atoms with Gasteiger partial charge in [-0.05, 0) is 31.6 Å². The Morgan fingerprint density at radius 1 is 1.67 bits per heavy atom. The fourth-order valence-electron chi connectivity index (χ4n) is 2.31. The second kappa shape index (κ2) is 3.06.